The number of aromatic nitrogens is 3. The fourth-order valence-corrected chi connectivity index (χ4v) is 2.02. The van der Waals surface area contributed by atoms with E-state index in [1.807, 2.05) is 19.3 Å². The number of halogens is 2. The largest absolute Gasteiger partial charge is 0.275 e. The molecule has 2 heterocycles. The van der Waals surface area contributed by atoms with E-state index in [9.17, 15) is 0 Å². The molecule has 90 valence electrons. The van der Waals surface area contributed by atoms with Crippen molar-refractivity contribution in [1.82, 2.24) is 20.2 Å². The minimum Gasteiger partial charge on any atom is -0.275 e. The lowest BCUT2D eigenvalue weighted by Gasteiger charge is -2.14. The number of nitrogens with two attached hydrogens (primary N) is 1. The molecule has 1 unspecified atom stereocenters. The molecule has 0 spiro atoms. The molecule has 0 aromatic carbocycles. The van der Waals surface area contributed by atoms with E-state index >= 15 is 0 Å². The van der Waals surface area contributed by atoms with Gasteiger partial charge in [0.2, 0.25) is 0 Å². The molecule has 0 bridgehead atoms. The van der Waals surface area contributed by atoms with Crippen molar-refractivity contribution >= 4 is 23.2 Å². The van der Waals surface area contributed by atoms with Crippen molar-refractivity contribution in [2.75, 3.05) is 0 Å². The molecule has 7 heteroatoms. The van der Waals surface area contributed by atoms with Gasteiger partial charge in [-0.05, 0) is 12.1 Å². The monoisotopic (exact) mass is 271 g/mol. The summed E-state index contributed by atoms with van der Waals surface area (Å²) in [5.41, 5.74) is 3.98. The molecule has 0 amide bonds. The number of rotatable bonds is 3. The van der Waals surface area contributed by atoms with E-state index in [1.54, 1.807) is 10.7 Å². The second-order valence-corrected chi connectivity index (χ2v) is 4.38. The average Bonchev–Trinajstić information content (AvgIpc) is 2.69. The maximum atomic E-state index is 6.08. The van der Waals surface area contributed by atoms with E-state index in [0.717, 1.165) is 5.69 Å². The first-order valence-corrected chi connectivity index (χ1v) is 5.64. The van der Waals surface area contributed by atoms with Crippen LogP contribution in [-0.2, 0) is 7.05 Å². The van der Waals surface area contributed by atoms with Crippen LogP contribution in [0.4, 0.5) is 0 Å². The zero-order valence-electron chi connectivity index (χ0n) is 9.06. The van der Waals surface area contributed by atoms with Crippen LogP contribution in [-0.4, -0.2) is 14.8 Å². The number of nitrogens with zero attached hydrogens (tertiary/aromatic N) is 3. The number of hydrazine groups is 1. The highest BCUT2D eigenvalue weighted by Crippen LogP contribution is 2.26. The van der Waals surface area contributed by atoms with Gasteiger partial charge in [-0.25, -0.2) is 5.43 Å². The first kappa shape index (κ1) is 12.3. The van der Waals surface area contributed by atoms with Crippen LogP contribution in [0.15, 0.2) is 24.5 Å². The Morgan fingerprint density at radius 3 is 2.76 bits per heavy atom. The Hall–Kier alpha value is -1.14. The maximum Gasteiger partial charge on any atom is 0.108 e. The van der Waals surface area contributed by atoms with Gasteiger partial charge in [0.05, 0.1) is 21.4 Å². The quantitative estimate of drug-likeness (QED) is 0.658. The van der Waals surface area contributed by atoms with Crippen molar-refractivity contribution in [1.29, 1.82) is 0 Å². The highest BCUT2D eigenvalue weighted by Gasteiger charge is 2.19. The molecule has 0 aliphatic carbocycles. The highest BCUT2D eigenvalue weighted by atomic mass is 35.5. The Bertz CT molecular complexity index is 525. The van der Waals surface area contributed by atoms with Gasteiger partial charge >= 0.3 is 0 Å². The molecule has 1 atom stereocenters. The standard InChI is InChI=1S/C10H11Cl2N5/c1-17-3-2-8(16-17)10(15-13)9-7(12)4-6(11)5-14-9/h2-5,10,15H,13H2,1H3. The summed E-state index contributed by atoms with van der Waals surface area (Å²) in [6, 6.07) is 3.11. The number of hydrogen-bond acceptors (Lipinski definition) is 4. The van der Waals surface area contributed by atoms with E-state index in [-0.39, 0.29) is 6.04 Å². The third-order valence-corrected chi connectivity index (χ3v) is 2.82. The Kier molecular flexibility index (Phi) is 3.63. The van der Waals surface area contributed by atoms with Gasteiger partial charge in [0.25, 0.3) is 0 Å². The summed E-state index contributed by atoms with van der Waals surface area (Å²) >= 11 is 11.9. The predicted molar refractivity (Wildman–Crippen MR) is 66.6 cm³/mol. The molecule has 0 aliphatic heterocycles. The SMILES string of the molecule is Cn1ccc(C(NN)c2ncc(Cl)cc2Cl)n1. The molecule has 0 radical (unpaired) electrons. The Balaban J connectivity index is 2.42. The van der Waals surface area contributed by atoms with E-state index in [1.165, 1.54) is 6.20 Å². The van der Waals surface area contributed by atoms with Gasteiger partial charge in [-0.15, -0.1) is 0 Å². The van der Waals surface area contributed by atoms with Gasteiger partial charge in [-0.2, -0.15) is 5.10 Å². The summed E-state index contributed by atoms with van der Waals surface area (Å²) in [4.78, 5) is 4.18. The van der Waals surface area contributed by atoms with Gasteiger partial charge in [0.1, 0.15) is 6.04 Å². The number of aryl methyl sites for hydroxylation is 1. The lowest BCUT2D eigenvalue weighted by atomic mass is 10.1. The smallest absolute Gasteiger partial charge is 0.108 e. The fraction of sp³-hybridized carbons (Fsp3) is 0.200. The summed E-state index contributed by atoms with van der Waals surface area (Å²) < 4.78 is 1.68. The molecular formula is C10H11Cl2N5. The average molecular weight is 272 g/mol. The molecular weight excluding hydrogens is 261 g/mol. The van der Waals surface area contributed by atoms with Gasteiger partial charge < -0.3 is 0 Å². The van der Waals surface area contributed by atoms with E-state index in [4.69, 9.17) is 29.0 Å². The molecule has 17 heavy (non-hydrogen) atoms. The predicted octanol–water partition coefficient (Wildman–Crippen LogP) is 1.67. The van der Waals surface area contributed by atoms with Crippen LogP contribution >= 0.6 is 23.2 Å². The number of pyridine rings is 1. The van der Waals surface area contributed by atoms with Crippen molar-refractivity contribution in [3.8, 4) is 0 Å². The maximum absolute atomic E-state index is 6.08. The van der Waals surface area contributed by atoms with Gasteiger partial charge in [-0.1, -0.05) is 23.2 Å². The molecule has 2 rings (SSSR count). The van der Waals surface area contributed by atoms with Crippen LogP contribution in [0.5, 0.6) is 0 Å². The van der Waals surface area contributed by atoms with E-state index < -0.39 is 0 Å². The first-order chi connectivity index (χ1) is 8.11. The van der Waals surface area contributed by atoms with Crippen molar-refractivity contribution in [3.63, 3.8) is 0 Å². The van der Waals surface area contributed by atoms with Gasteiger partial charge in [-0.3, -0.25) is 15.5 Å². The molecule has 0 aliphatic rings. The van der Waals surface area contributed by atoms with Crippen molar-refractivity contribution in [2.24, 2.45) is 12.9 Å². The molecule has 0 saturated heterocycles. The molecule has 0 fully saturated rings. The zero-order valence-corrected chi connectivity index (χ0v) is 10.6. The second kappa shape index (κ2) is 5.01. The molecule has 3 N–H and O–H groups in total. The Morgan fingerprint density at radius 1 is 1.47 bits per heavy atom. The zero-order chi connectivity index (χ0) is 12.4. The third-order valence-electron chi connectivity index (χ3n) is 2.31. The summed E-state index contributed by atoms with van der Waals surface area (Å²) in [5.74, 6) is 5.52. The van der Waals surface area contributed by atoms with Crippen LogP contribution in [0.25, 0.3) is 0 Å². The van der Waals surface area contributed by atoms with Crippen molar-refractivity contribution in [3.05, 3.63) is 46.0 Å². The fourth-order valence-electron chi connectivity index (χ4n) is 1.53. The second-order valence-electron chi connectivity index (χ2n) is 3.53. The molecule has 5 nitrogen and oxygen atoms in total. The molecule has 2 aromatic heterocycles. The van der Waals surface area contributed by atoms with Crippen molar-refractivity contribution in [2.45, 2.75) is 6.04 Å². The van der Waals surface area contributed by atoms with Crippen molar-refractivity contribution < 1.29 is 0 Å². The third kappa shape index (κ3) is 2.58. The summed E-state index contributed by atoms with van der Waals surface area (Å²) in [5, 5.41) is 5.20. The summed E-state index contributed by atoms with van der Waals surface area (Å²) in [6.45, 7) is 0. The Morgan fingerprint density at radius 2 is 2.24 bits per heavy atom. The minimum atomic E-state index is -0.360. The normalized spacial score (nSPS) is 12.7. The molecule has 2 aromatic rings. The van der Waals surface area contributed by atoms with Gasteiger partial charge in [0.15, 0.2) is 0 Å². The molecule has 0 saturated carbocycles. The highest BCUT2D eigenvalue weighted by molar-refractivity contribution is 6.34. The lowest BCUT2D eigenvalue weighted by Crippen LogP contribution is -2.30. The van der Waals surface area contributed by atoms with E-state index in [2.05, 4.69) is 15.5 Å². The first-order valence-electron chi connectivity index (χ1n) is 4.88. The van der Waals surface area contributed by atoms with Crippen LogP contribution in [0.1, 0.15) is 17.4 Å². The minimum absolute atomic E-state index is 0.360. The van der Waals surface area contributed by atoms with Gasteiger partial charge in [0, 0.05) is 19.4 Å². The van der Waals surface area contributed by atoms with Crippen LogP contribution in [0.2, 0.25) is 10.0 Å². The van der Waals surface area contributed by atoms with Crippen LogP contribution in [0.3, 0.4) is 0 Å². The number of hydrogen-bond donors (Lipinski definition) is 2. The topological polar surface area (TPSA) is 68.8 Å². The summed E-state index contributed by atoms with van der Waals surface area (Å²) in [6.07, 6.45) is 3.35. The number of nitrogens with one attached hydrogen (secondary N) is 1. The van der Waals surface area contributed by atoms with E-state index in [0.29, 0.717) is 15.7 Å². The van der Waals surface area contributed by atoms with Crippen LogP contribution < -0.4 is 11.3 Å². The summed E-state index contributed by atoms with van der Waals surface area (Å²) in [7, 11) is 1.83. The lowest BCUT2D eigenvalue weighted by molar-refractivity contribution is 0.591. The Labute approximate surface area is 109 Å². The van der Waals surface area contributed by atoms with Crippen LogP contribution in [0, 0.1) is 0 Å².